The molecule has 4 aromatic rings. The Labute approximate surface area is 168 Å². The fraction of sp³-hybridized carbons (Fsp3) is 0.318. The summed E-state index contributed by atoms with van der Waals surface area (Å²) >= 11 is 0. The molecule has 148 valence electrons. The third-order valence-corrected chi connectivity index (χ3v) is 5.54. The molecule has 0 atom stereocenters. The number of piperazine rings is 1. The molecule has 1 aliphatic heterocycles. The number of furan rings is 1. The van der Waals surface area contributed by atoms with Crippen LogP contribution in [0.5, 0.6) is 0 Å². The van der Waals surface area contributed by atoms with Crippen molar-refractivity contribution < 1.29 is 9.21 Å². The summed E-state index contributed by atoms with van der Waals surface area (Å²) in [5.74, 6) is 2.45. The van der Waals surface area contributed by atoms with Crippen LogP contribution < -0.4 is 4.90 Å². The number of fused-ring (bicyclic) bond motifs is 3. The van der Waals surface area contributed by atoms with E-state index in [1.807, 2.05) is 54.5 Å². The molecule has 0 spiro atoms. The first-order valence-electron chi connectivity index (χ1n) is 9.87. The fourth-order valence-electron chi connectivity index (χ4n) is 4.13. The van der Waals surface area contributed by atoms with Gasteiger partial charge in [-0.05, 0) is 39.0 Å². The summed E-state index contributed by atoms with van der Waals surface area (Å²) in [5.41, 5.74) is 3.50. The molecule has 1 fully saturated rings. The number of nitrogens with zero attached hydrogens (tertiary/aromatic N) is 5. The number of amides is 1. The molecule has 4 heterocycles. The standard InChI is InChI=1S/C22H23N5O2/c1-14-12-20-23-21(17-6-4-5-7-19(17)27(20)24-14)25-8-10-26(11-9-25)22(28)18-13-15(2)29-16(18)3/h4-7,12-13H,8-11H2,1-3H3. The zero-order valence-electron chi connectivity index (χ0n) is 16.8. The number of anilines is 1. The Kier molecular flexibility index (Phi) is 4.04. The smallest absolute Gasteiger partial charge is 0.257 e. The van der Waals surface area contributed by atoms with Gasteiger partial charge >= 0.3 is 0 Å². The fourth-order valence-corrected chi connectivity index (χ4v) is 4.13. The Morgan fingerprint density at radius 2 is 1.79 bits per heavy atom. The highest BCUT2D eigenvalue weighted by Crippen LogP contribution is 2.27. The van der Waals surface area contributed by atoms with Crippen LogP contribution in [-0.4, -0.2) is 51.6 Å². The third kappa shape index (κ3) is 2.93. The molecule has 0 bridgehead atoms. The van der Waals surface area contributed by atoms with Crippen LogP contribution in [0.3, 0.4) is 0 Å². The van der Waals surface area contributed by atoms with Gasteiger partial charge in [0.1, 0.15) is 17.3 Å². The molecule has 0 radical (unpaired) electrons. The largest absolute Gasteiger partial charge is 0.466 e. The number of aryl methyl sites for hydroxylation is 3. The minimum absolute atomic E-state index is 0.0404. The van der Waals surface area contributed by atoms with Crippen molar-refractivity contribution in [1.82, 2.24) is 19.5 Å². The van der Waals surface area contributed by atoms with Crippen molar-refractivity contribution in [2.45, 2.75) is 20.8 Å². The highest BCUT2D eigenvalue weighted by Gasteiger charge is 2.26. The van der Waals surface area contributed by atoms with Gasteiger partial charge in [-0.25, -0.2) is 9.50 Å². The molecule has 3 aromatic heterocycles. The van der Waals surface area contributed by atoms with Gasteiger partial charge < -0.3 is 14.2 Å². The molecular weight excluding hydrogens is 366 g/mol. The molecule has 1 aromatic carbocycles. The average Bonchev–Trinajstić information content (AvgIpc) is 3.27. The van der Waals surface area contributed by atoms with Crippen molar-refractivity contribution in [2.75, 3.05) is 31.1 Å². The maximum Gasteiger partial charge on any atom is 0.257 e. The molecule has 1 saturated heterocycles. The van der Waals surface area contributed by atoms with E-state index in [-0.39, 0.29) is 5.91 Å². The molecular formula is C22H23N5O2. The average molecular weight is 389 g/mol. The van der Waals surface area contributed by atoms with E-state index < -0.39 is 0 Å². The van der Waals surface area contributed by atoms with E-state index >= 15 is 0 Å². The van der Waals surface area contributed by atoms with E-state index in [4.69, 9.17) is 9.40 Å². The first kappa shape index (κ1) is 17.7. The molecule has 1 aliphatic rings. The minimum atomic E-state index is 0.0404. The Morgan fingerprint density at radius 1 is 1.03 bits per heavy atom. The van der Waals surface area contributed by atoms with Crippen LogP contribution in [-0.2, 0) is 0 Å². The second-order valence-corrected chi connectivity index (χ2v) is 7.61. The van der Waals surface area contributed by atoms with Gasteiger partial charge in [0, 0.05) is 37.6 Å². The summed E-state index contributed by atoms with van der Waals surface area (Å²) in [6.45, 7) is 8.48. The molecule has 0 aliphatic carbocycles. The maximum atomic E-state index is 12.9. The molecule has 29 heavy (non-hydrogen) atoms. The Morgan fingerprint density at radius 3 is 2.52 bits per heavy atom. The molecule has 0 saturated carbocycles. The topological polar surface area (TPSA) is 66.9 Å². The zero-order valence-corrected chi connectivity index (χ0v) is 16.8. The Bertz CT molecular complexity index is 1230. The highest BCUT2D eigenvalue weighted by molar-refractivity contribution is 5.96. The van der Waals surface area contributed by atoms with Gasteiger partial charge in [0.2, 0.25) is 0 Å². The van der Waals surface area contributed by atoms with E-state index in [0.717, 1.165) is 46.9 Å². The van der Waals surface area contributed by atoms with Crippen molar-refractivity contribution in [3.05, 3.63) is 59.2 Å². The van der Waals surface area contributed by atoms with Crippen molar-refractivity contribution in [3.63, 3.8) is 0 Å². The Hall–Kier alpha value is -3.35. The summed E-state index contributed by atoms with van der Waals surface area (Å²) in [5, 5.41) is 5.65. The first-order valence-corrected chi connectivity index (χ1v) is 9.87. The van der Waals surface area contributed by atoms with Crippen LogP contribution in [0.4, 0.5) is 5.82 Å². The van der Waals surface area contributed by atoms with Gasteiger partial charge in [-0.2, -0.15) is 5.10 Å². The van der Waals surface area contributed by atoms with E-state index in [2.05, 4.69) is 22.1 Å². The van der Waals surface area contributed by atoms with Crippen LogP contribution in [0, 0.1) is 20.8 Å². The van der Waals surface area contributed by atoms with Crippen LogP contribution in [0.1, 0.15) is 27.6 Å². The summed E-state index contributed by atoms with van der Waals surface area (Å²) in [7, 11) is 0. The van der Waals surface area contributed by atoms with Crippen LogP contribution >= 0.6 is 0 Å². The molecule has 7 heteroatoms. The lowest BCUT2D eigenvalue weighted by Gasteiger charge is -2.35. The lowest BCUT2D eigenvalue weighted by atomic mass is 10.1. The first-order chi connectivity index (χ1) is 14.0. The van der Waals surface area contributed by atoms with E-state index in [0.29, 0.717) is 24.4 Å². The number of carbonyl (C=O) groups excluding carboxylic acids is 1. The van der Waals surface area contributed by atoms with E-state index in [1.165, 1.54) is 0 Å². The number of carbonyl (C=O) groups is 1. The van der Waals surface area contributed by atoms with E-state index in [1.54, 1.807) is 0 Å². The van der Waals surface area contributed by atoms with Gasteiger partial charge in [-0.15, -0.1) is 0 Å². The maximum absolute atomic E-state index is 12.9. The van der Waals surface area contributed by atoms with Crippen LogP contribution in [0.25, 0.3) is 16.6 Å². The number of benzene rings is 1. The van der Waals surface area contributed by atoms with Gasteiger partial charge in [0.05, 0.1) is 16.8 Å². The van der Waals surface area contributed by atoms with Gasteiger partial charge in [-0.3, -0.25) is 4.79 Å². The normalized spacial score (nSPS) is 14.9. The monoisotopic (exact) mass is 389 g/mol. The van der Waals surface area contributed by atoms with Gasteiger partial charge in [0.25, 0.3) is 5.91 Å². The van der Waals surface area contributed by atoms with Gasteiger partial charge in [0.15, 0.2) is 5.65 Å². The summed E-state index contributed by atoms with van der Waals surface area (Å²) in [4.78, 5) is 22.0. The lowest BCUT2D eigenvalue weighted by Crippen LogP contribution is -2.49. The van der Waals surface area contributed by atoms with Crippen molar-refractivity contribution >= 4 is 28.3 Å². The van der Waals surface area contributed by atoms with E-state index in [9.17, 15) is 4.79 Å². The predicted molar refractivity (Wildman–Crippen MR) is 112 cm³/mol. The quantitative estimate of drug-likeness (QED) is 0.526. The highest BCUT2D eigenvalue weighted by atomic mass is 16.3. The lowest BCUT2D eigenvalue weighted by molar-refractivity contribution is 0.0745. The van der Waals surface area contributed by atoms with Crippen LogP contribution in [0.15, 0.2) is 40.8 Å². The Balaban J connectivity index is 1.44. The second kappa shape index (κ2) is 6.62. The molecule has 1 amide bonds. The minimum Gasteiger partial charge on any atom is -0.466 e. The van der Waals surface area contributed by atoms with Crippen molar-refractivity contribution in [3.8, 4) is 0 Å². The SMILES string of the molecule is Cc1cc2nc(N3CCN(C(=O)c4cc(C)oc4C)CC3)c3ccccc3n2n1. The summed E-state index contributed by atoms with van der Waals surface area (Å²) in [6.07, 6.45) is 0. The predicted octanol–water partition coefficient (Wildman–Crippen LogP) is 3.36. The number of hydrogen-bond donors (Lipinski definition) is 0. The zero-order chi connectivity index (χ0) is 20.1. The number of para-hydroxylation sites is 1. The number of aromatic nitrogens is 3. The summed E-state index contributed by atoms with van der Waals surface area (Å²) < 4.78 is 7.43. The number of hydrogen-bond acceptors (Lipinski definition) is 5. The molecule has 7 nitrogen and oxygen atoms in total. The third-order valence-electron chi connectivity index (χ3n) is 5.54. The molecule has 5 rings (SSSR count). The summed E-state index contributed by atoms with van der Waals surface area (Å²) in [6, 6.07) is 12.0. The molecule has 0 unspecified atom stereocenters. The van der Waals surface area contributed by atoms with Crippen LogP contribution in [0.2, 0.25) is 0 Å². The molecule has 0 N–H and O–H groups in total. The number of rotatable bonds is 2. The second-order valence-electron chi connectivity index (χ2n) is 7.61. The van der Waals surface area contributed by atoms with Crippen molar-refractivity contribution in [1.29, 1.82) is 0 Å². The van der Waals surface area contributed by atoms with Gasteiger partial charge in [-0.1, -0.05) is 12.1 Å². The van der Waals surface area contributed by atoms with Crippen molar-refractivity contribution in [2.24, 2.45) is 0 Å².